The second kappa shape index (κ2) is 11.9. The highest BCUT2D eigenvalue weighted by Crippen LogP contribution is 2.08. The van der Waals surface area contributed by atoms with Crippen molar-refractivity contribution in [3.8, 4) is 0 Å². The summed E-state index contributed by atoms with van der Waals surface area (Å²) < 4.78 is 0. The van der Waals surface area contributed by atoms with Crippen LogP contribution in [0.1, 0.15) is 72.1 Å². The van der Waals surface area contributed by atoms with Gasteiger partial charge in [-0.3, -0.25) is 0 Å². The molecule has 2 atom stereocenters. The molecule has 0 aromatic heterocycles. The standard InChI is InChI=1S/C14H30BrN/c1-4-5-6-7-8-9-10-11-16-14(3)12-13(2)15/h13-14,16H,4-12H2,1-3H3. The maximum atomic E-state index is 3.59. The molecule has 2 unspecified atom stereocenters. The zero-order chi connectivity index (χ0) is 12.2. The Bertz CT molecular complexity index is 137. The lowest BCUT2D eigenvalue weighted by molar-refractivity contribution is 0.491. The molecule has 0 rings (SSSR count). The molecule has 0 aromatic rings. The first-order valence-corrected chi connectivity index (χ1v) is 7.95. The number of unbranched alkanes of at least 4 members (excludes halogenated alkanes) is 6. The van der Waals surface area contributed by atoms with E-state index in [0.717, 1.165) is 0 Å². The number of halogens is 1. The first kappa shape index (κ1) is 16.4. The van der Waals surface area contributed by atoms with Gasteiger partial charge in [0, 0.05) is 10.9 Å². The normalized spacial score (nSPS) is 15.0. The van der Waals surface area contributed by atoms with E-state index in [0.29, 0.717) is 10.9 Å². The van der Waals surface area contributed by atoms with Gasteiger partial charge in [0.1, 0.15) is 0 Å². The molecule has 2 heteroatoms. The fraction of sp³-hybridized carbons (Fsp3) is 1.00. The van der Waals surface area contributed by atoms with Crippen LogP contribution in [0.5, 0.6) is 0 Å². The lowest BCUT2D eigenvalue weighted by Crippen LogP contribution is -2.28. The topological polar surface area (TPSA) is 12.0 Å². The summed E-state index contributed by atoms with van der Waals surface area (Å²) in [7, 11) is 0. The van der Waals surface area contributed by atoms with Crippen LogP contribution >= 0.6 is 15.9 Å². The Hall–Kier alpha value is 0.440. The van der Waals surface area contributed by atoms with E-state index in [4.69, 9.17) is 0 Å². The van der Waals surface area contributed by atoms with Crippen molar-refractivity contribution in [2.24, 2.45) is 0 Å². The number of alkyl halides is 1. The molecule has 0 aliphatic rings. The minimum absolute atomic E-state index is 0.629. The van der Waals surface area contributed by atoms with E-state index in [2.05, 4.69) is 42.0 Å². The van der Waals surface area contributed by atoms with Gasteiger partial charge in [0.05, 0.1) is 0 Å². The molecule has 16 heavy (non-hydrogen) atoms. The highest BCUT2D eigenvalue weighted by molar-refractivity contribution is 9.09. The van der Waals surface area contributed by atoms with Gasteiger partial charge in [-0.25, -0.2) is 0 Å². The van der Waals surface area contributed by atoms with Crippen LogP contribution in [0.3, 0.4) is 0 Å². The van der Waals surface area contributed by atoms with Gasteiger partial charge < -0.3 is 5.32 Å². The number of hydrogen-bond acceptors (Lipinski definition) is 1. The molecule has 0 aromatic carbocycles. The van der Waals surface area contributed by atoms with Crippen molar-refractivity contribution in [1.82, 2.24) is 5.32 Å². The number of nitrogens with one attached hydrogen (secondary N) is 1. The van der Waals surface area contributed by atoms with Crippen LogP contribution in [0.15, 0.2) is 0 Å². The molecule has 0 saturated carbocycles. The summed E-state index contributed by atoms with van der Waals surface area (Å²) in [5.41, 5.74) is 0. The number of rotatable bonds is 11. The van der Waals surface area contributed by atoms with Gasteiger partial charge in [-0.15, -0.1) is 0 Å². The Kier molecular flexibility index (Phi) is 12.2. The summed E-state index contributed by atoms with van der Waals surface area (Å²) in [6.07, 6.45) is 11.0. The molecule has 0 radical (unpaired) electrons. The Labute approximate surface area is 111 Å². The number of hydrogen-bond donors (Lipinski definition) is 1. The monoisotopic (exact) mass is 291 g/mol. The second-order valence-corrected chi connectivity index (χ2v) is 6.56. The summed E-state index contributed by atoms with van der Waals surface area (Å²) in [6, 6.07) is 0.648. The molecule has 0 bridgehead atoms. The maximum Gasteiger partial charge on any atom is 0.0132 e. The Morgan fingerprint density at radius 3 is 2.06 bits per heavy atom. The SMILES string of the molecule is CCCCCCCCCNC(C)CC(C)Br. The van der Waals surface area contributed by atoms with Gasteiger partial charge >= 0.3 is 0 Å². The van der Waals surface area contributed by atoms with E-state index < -0.39 is 0 Å². The molecular formula is C14H30BrN. The fourth-order valence-electron chi connectivity index (χ4n) is 2.00. The average molecular weight is 292 g/mol. The van der Waals surface area contributed by atoms with Gasteiger partial charge in [-0.2, -0.15) is 0 Å². The maximum absolute atomic E-state index is 3.59. The van der Waals surface area contributed by atoms with Crippen LogP contribution < -0.4 is 5.32 Å². The van der Waals surface area contributed by atoms with E-state index in [-0.39, 0.29) is 0 Å². The van der Waals surface area contributed by atoms with Gasteiger partial charge in [0.15, 0.2) is 0 Å². The van der Waals surface area contributed by atoms with E-state index in [1.807, 2.05) is 0 Å². The quantitative estimate of drug-likeness (QED) is 0.422. The van der Waals surface area contributed by atoms with Crippen molar-refractivity contribution in [2.75, 3.05) is 6.54 Å². The lowest BCUT2D eigenvalue weighted by atomic mass is 10.1. The van der Waals surface area contributed by atoms with E-state index in [1.165, 1.54) is 57.9 Å². The van der Waals surface area contributed by atoms with Crippen LogP contribution in [0, 0.1) is 0 Å². The van der Waals surface area contributed by atoms with E-state index in [9.17, 15) is 0 Å². The summed E-state index contributed by atoms with van der Waals surface area (Å²) in [4.78, 5) is 0.629. The van der Waals surface area contributed by atoms with E-state index >= 15 is 0 Å². The minimum atomic E-state index is 0.629. The zero-order valence-electron chi connectivity index (χ0n) is 11.4. The largest absolute Gasteiger partial charge is 0.314 e. The smallest absolute Gasteiger partial charge is 0.0132 e. The van der Waals surface area contributed by atoms with Gasteiger partial charge in [0.2, 0.25) is 0 Å². The first-order valence-electron chi connectivity index (χ1n) is 7.04. The third-order valence-corrected chi connectivity index (χ3v) is 3.33. The molecule has 0 saturated heterocycles. The van der Waals surface area contributed by atoms with Crippen molar-refractivity contribution in [2.45, 2.75) is 83.0 Å². The lowest BCUT2D eigenvalue weighted by Gasteiger charge is -2.14. The summed E-state index contributed by atoms with van der Waals surface area (Å²) >= 11 is 3.59. The zero-order valence-corrected chi connectivity index (χ0v) is 13.0. The van der Waals surface area contributed by atoms with E-state index in [1.54, 1.807) is 0 Å². The van der Waals surface area contributed by atoms with Gasteiger partial charge in [0.25, 0.3) is 0 Å². The molecule has 1 nitrogen and oxygen atoms in total. The minimum Gasteiger partial charge on any atom is -0.314 e. The second-order valence-electron chi connectivity index (χ2n) is 4.99. The third kappa shape index (κ3) is 12.5. The van der Waals surface area contributed by atoms with Crippen molar-refractivity contribution >= 4 is 15.9 Å². The predicted octanol–water partition coefficient (Wildman–Crippen LogP) is 4.89. The predicted molar refractivity (Wildman–Crippen MR) is 78.5 cm³/mol. The van der Waals surface area contributed by atoms with Crippen LogP contribution in [0.2, 0.25) is 0 Å². The van der Waals surface area contributed by atoms with Crippen LogP contribution in [-0.2, 0) is 0 Å². The summed E-state index contributed by atoms with van der Waals surface area (Å²) in [6.45, 7) is 7.95. The average Bonchev–Trinajstić information content (AvgIpc) is 2.21. The van der Waals surface area contributed by atoms with Gasteiger partial charge in [-0.1, -0.05) is 68.3 Å². The fourth-order valence-corrected chi connectivity index (χ4v) is 2.56. The highest BCUT2D eigenvalue weighted by Gasteiger charge is 2.04. The van der Waals surface area contributed by atoms with Crippen molar-refractivity contribution in [3.63, 3.8) is 0 Å². The summed E-state index contributed by atoms with van der Waals surface area (Å²) in [5.74, 6) is 0. The van der Waals surface area contributed by atoms with Crippen molar-refractivity contribution in [3.05, 3.63) is 0 Å². The Morgan fingerprint density at radius 2 is 1.50 bits per heavy atom. The molecule has 0 amide bonds. The molecule has 0 aliphatic heterocycles. The van der Waals surface area contributed by atoms with Crippen molar-refractivity contribution < 1.29 is 0 Å². The molecule has 0 fully saturated rings. The first-order chi connectivity index (χ1) is 7.66. The molecule has 0 heterocycles. The Balaban J connectivity index is 3.08. The summed E-state index contributed by atoms with van der Waals surface area (Å²) in [5, 5.41) is 3.59. The van der Waals surface area contributed by atoms with Gasteiger partial charge in [-0.05, 0) is 26.3 Å². The molecule has 1 N–H and O–H groups in total. The van der Waals surface area contributed by atoms with Crippen LogP contribution in [0.4, 0.5) is 0 Å². The van der Waals surface area contributed by atoms with Crippen LogP contribution in [0.25, 0.3) is 0 Å². The molecule has 0 spiro atoms. The van der Waals surface area contributed by atoms with Crippen molar-refractivity contribution in [1.29, 1.82) is 0 Å². The Morgan fingerprint density at radius 1 is 0.938 bits per heavy atom. The molecule has 98 valence electrons. The van der Waals surface area contributed by atoms with Crippen LogP contribution in [-0.4, -0.2) is 17.4 Å². The third-order valence-electron chi connectivity index (χ3n) is 2.95. The molecule has 0 aliphatic carbocycles. The molecular weight excluding hydrogens is 262 g/mol. The highest BCUT2D eigenvalue weighted by atomic mass is 79.9.